The SMILES string of the molecule is C[C@@H](CSc1nc2ccccc2o1)Cn1c(N2CCCCC2)nc2c1c(=O)[nH]c(=O)n2C. The first-order valence-electron chi connectivity index (χ1n) is 10.9. The summed E-state index contributed by atoms with van der Waals surface area (Å²) in [5, 5.41) is 0.644. The highest BCUT2D eigenvalue weighted by Gasteiger charge is 2.24. The van der Waals surface area contributed by atoms with Crippen molar-refractivity contribution in [1.82, 2.24) is 24.1 Å². The lowest BCUT2D eigenvalue weighted by Gasteiger charge is -2.28. The van der Waals surface area contributed by atoms with E-state index >= 15 is 0 Å². The number of benzene rings is 1. The third-order valence-electron chi connectivity index (χ3n) is 5.89. The van der Waals surface area contributed by atoms with Crippen LogP contribution in [0.2, 0.25) is 0 Å². The van der Waals surface area contributed by atoms with Gasteiger partial charge in [-0.1, -0.05) is 30.8 Å². The van der Waals surface area contributed by atoms with E-state index in [1.165, 1.54) is 11.0 Å². The lowest BCUT2D eigenvalue weighted by atomic mass is 10.1. The summed E-state index contributed by atoms with van der Waals surface area (Å²) in [6.45, 7) is 4.55. The van der Waals surface area contributed by atoms with Crippen LogP contribution in [0.3, 0.4) is 0 Å². The van der Waals surface area contributed by atoms with Crippen molar-refractivity contribution in [1.29, 1.82) is 0 Å². The molecule has 0 saturated carbocycles. The van der Waals surface area contributed by atoms with Gasteiger partial charge in [-0.2, -0.15) is 4.98 Å². The molecule has 0 amide bonds. The zero-order chi connectivity index (χ0) is 22.2. The van der Waals surface area contributed by atoms with Gasteiger partial charge in [0.2, 0.25) is 5.95 Å². The number of oxazole rings is 1. The van der Waals surface area contributed by atoms with Crippen LogP contribution in [0.4, 0.5) is 5.95 Å². The lowest BCUT2D eigenvalue weighted by Crippen LogP contribution is -2.33. The maximum absolute atomic E-state index is 12.8. The number of piperidine rings is 1. The first-order valence-corrected chi connectivity index (χ1v) is 11.9. The van der Waals surface area contributed by atoms with E-state index in [4.69, 9.17) is 9.40 Å². The molecule has 1 fully saturated rings. The molecule has 168 valence electrons. The molecule has 0 unspecified atom stereocenters. The number of rotatable bonds is 6. The van der Waals surface area contributed by atoms with Gasteiger partial charge in [0.05, 0.1) is 0 Å². The maximum atomic E-state index is 12.8. The third kappa shape index (κ3) is 3.83. The van der Waals surface area contributed by atoms with Gasteiger partial charge in [-0.3, -0.25) is 14.3 Å². The van der Waals surface area contributed by atoms with Crippen molar-refractivity contribution < 1.29 is 4.42 Å². The number of thioether (sulfide) groups is 1. The molecule has 5 rings (SSSR count). The molecule has 1 saturated heterocycles. The van der Waals surface area contributed by atoms with E-state index < -0.39 is 11.2 Å². The molecule has 0 radical (unpaired) electrons. The van der Waals surface area contributed by atoms with Gasteiger partial charge < -0.3 is 13.9 Å². The average molecular weight is 455 g/mol. The predicted octanol–water partition coefficient (Wildman–Crippen LogP) is 2.98. The van der Waals surface area contributed by atoms with Crippen molar-refractivity contribution in [2.24, 2.45) is 13.0 Å². The number of fused-ring (bicyclic) bond motifs is 2. The molecule has 32 heavy (non-hydrogen) atoms. The molecule has 4 aromatic rings. The fraction of sp³-hybridized carbons (Fsp3) is 0.455. The maximum Gasteiger partial charge on any atom is 0.329 e. The molecule has 1 aliphatic heterocycles. The Hall–Kier alpha value is -3.01. The van der Waals surface area contributed by atoms with E-state index in [0.29, 0.717) is 22.9 Å². The van der Waals surface area contributed by atoms with Crippen molar-refractivity contribution in [3.8, 4) is 0 Å². The van der Waals surface area contributed by atoms with Gasteiger partial charge in [0.1, 0.15) is 5.52 Å². The number of para-hydroxylation sites is 2. The second-order valence-electron chi connectivity index (χ2n) is 8.42. The number of imidazole rings is 1. The number of anilines is 1. The van der Waals surface area contributed by atoms with Crippen LogP contribution in [0, 0.1) is 5.92 Å². The van der Waals surface area contributed by atoms with Crippen LogP contribution in [0.5, 0.6) is 0 Å². The molecule has 0 aliphatic carbocycles. The third-order valence-corrected chi connectivity index (χ3v) is 7.04. The van der Waals surface area contributed by atoms with Crippen LogP contribution in [0.15, 0.2) is 43.5 Å². The van der Waals surface area contributed by atoms with Gasteiger partial charge >= 0.3 is 5.69 Å². The molecule has 3 aromatic heterocycles. The topological polar surface area (TPSA) is 102 Å². The fourth-order valence-electron chi connectivity index (χ4n) is 4.22. The molecular formula is C22H26N6O3S. The molecule has 4 heterocycles. The number of nitrogens with zero attached hydrogens (tertiary/aromatic N) is 5. The standard InChI is InChI=1S/C22H26N6O3S/c1-14(13-32-22-23-15-8-4-5-9-16(15)31-22)12-28-17-18(26(2)21(30)25-19(17)29)24-20(28)27-10-6-3-7-11-27/h4-5,8-9,14H,3,6-7,10-13H2,1-2H3,(H,25,29,30)/t14-/m1/s1. The van der Waals surface area contributed by atoms with Crippen molar-refractivity contribution in [2.45, 2.75) is 38.0 Å². The number of nitrogens with one attached hydrogen (secondary N) is 1. The zero-order valence-corrected chi connectivity index (χ0v) is 19.0. The monoisotopic (exact) mass is 454 g/mol. The Bertz CT molecular complexity index is 1350. The smallest absolute Gasteiger partial charge is 0.329 e. The van der Waals surface area contributed by atoms with Crippen LogP contribution in [0.1, 0.15) is 26.2 Å². The quantitative estimate of drug-likeness (QED) is 0.447. The Morgan fingerprint density at radius 1 is 1.16 bits per heavy atom. The molecule has 1 atom stereocenters. The number of aryl methyl sites for hydroxylation is 1. The Morgan fingerprint density at radius 3 is 2.72 bits per heavy atom. The number of aromatic amines is 1. The zero-order valence-electron chi connectivity index (χ0n) is 18.2. The predicted molar refractivity (Wildman–Crippen MR) is 126 cm³/mol. The van der Waals surface area contributed by atoms with Crippen molar-refractivity contribution in [3.63, 3.8) is 0 Å². The minimum Gasteiger partial charge on any atom is -0.431 e. The van der Waals surface area contributed by atoms with Gasteiger partial charge in [-0.25, -0.2) is 9.78 Å². The Balaban J connectivity index is 1.44. The van der Waals surface area contributed by atoms with Crippen molar-refractivity contribution in [3.05, 3.63) is 45.1 Å². The fourth-order valence-corrected chi connectivity index (χ4v) is 5.07. The molecule has 10 heteroatoms. The molecule has 9 nitrogen and oxygen atoms in total. The Morgan fingerprint density at radius 2 is 1.94 bits per heavy atom. The van der Waals surface area contributed by atoms with Crippen molar-refractivity contribution >= 4 is 40.0 Å². The van der Waals surface area contributed by atoms with Crippen LogP contribution in [0.25, 0.3) is 22.3 Å². The van der Waals surface area contributed by atoms with Crippen LogP contribution < -0.4 is 16.1 Å². The molecule has 1 N–H and O–H groups in total. The van der Waals surface area contributed by atoms with E-state index in [1.54, 1.807) is 18.8 Å². The lowest BCUT2D eigenvalue weighted by molar-refractivity contribution is 0.484. The molecule has 1 aromatic carbocycles. The van der Waals surface area contributed by atoms with Gasteiger partial charge in [0.25, 0.3) is 10.8 Å². The molecule has 1 aliphatic rings. The summed E-state index contributed by atoms with van der Waals surface area (Å²) in [7, 11) is 1.64. The molecular weight excluding hydrogens is 428 g/mol. The van der Waals surface area contributed by atoms with Crippen LogP contribution in [-0.4, -0.2) is 42.9 Å². The summed E-state index contributed by atoms with van der Waals surface area (Å²) in [6.07, 6.45) is 3.40. The summed E-state index contributed by atoms with van der Waals surface area (Å²) in [4.78, 5) is 38.8. The second kappa shape index (κ2) is 8.50. The Labute approximate surface area is 188 Å². The van der Waals surface area contributed by atoms with E-state index in [-0.39, 0.29) is 5.92 Å². The summed E-state index contributed by atoms with van der Waals surface area (Å²) in [5.41, 5.74) is 1.67. The number of hydrogen-bond acceptors (Lipinski definition) is 7. The largest absolute Gasteiger partial charge is 0.431 e. The average Bonchev–Trinajstić information content (AvgIpc) is 3.38. The summed E-state index contributed by atoms with van der Waals surface area (Å²) in [6, 6.07) is 7.72. The van der Waals surface area contributed by atoms with E-state index in [9.17, 15) is 9.59 Å². The van der Waals surface area contributed by atoms with Crippen LogP contribution in [-0.2, 0) is 13.6 Å². The Kier molecular flexibility index (Phi) is 5.54. The van der Waals surface area contributed by atoms with E-state index in [2.05, 4.69) is 21.8 Å². The summed E-state index contributed by atoms with van der Waals surface area (Å²) < 4.78 is 9.22. The van der Waals surface area contributed by atoms with Crippen molar-refractivity contribution in [2.75, 3.05) is 23.7 Å². The summed E-state index contributed by atoms with van der Waals surface area (Å²) in [5.74, 6) is 1.76. The van der Waals surface area contributed by atoms with Gasteiger partial charge in [-0.05, 0) is 37.3 Å². The van der Waals surface area contributed by atoms with Crippen LogP contribution >= 0.6 is 11.8 Å². The number of aromatic nitrogens is 5. The number of H-pyrrole nitrogens is 1. The summed E-state index contributed by atoms with van der Waals surface area (Å²) >= 11 is 1.57. The minimum absolute atomic E-state index is 0.215. The second-order valence-corrected chi connectivity index (χ2v) is 9.40. The number of hydrogen-bond donors (Lipinski definition) is 1. The van der Waals surface area contributed by atoms with E-state index in [1.807, 2.05) is 28.8 Å². The van der Waals surface area contributed by atoms with Gasteiger partial charge in [0, 0.05) is 32.4 Å². The highest BCUT2D eigenvalue weighted by atomic mass is 32.2. The van der Waals surface area contributed by atoms with E-state index in [0.717, 1.165) is 48.7 Å². The van der Waals surface area contributed by atoms with Gasteiger partial charge in [0.15, 0.2) is 16.7 Å². The normalized spacial score (nSPS) is 15.6. The van der Waals surface area contributed by atoms with Gasteiger partial charge in [-0.15, -0.1) is 0 Å². The highest BCUT2D eigenvalue weighted by Crippen LogP contribution is 2.28. The minimum atomic E-state index is -0.447. The first kappa shape index (κ1) is 20.9. The molecule has 0 spiro atoms. The molecule has 0 bridgehead atoms. The first-order chi connectivity index (χ1) is 15.5. The highest BCUT2D eigenvalue weighted by molar-refractivity contribution is 7.99.